The van der Waals surface area contributed by atoms with Crippen LogP contribution in [-0.4, -0.2) is 10.1 Å². The predicted octanol–water partition coefficient (Wildman–Crippen LogP) is 1.81. The highest BCUT2D eigenvalue weighted by Gasteiger charge is 2.04. The van der Waals surface area contributed by atoms with E-state index in [9.17, 15) is 9.18 Å². The number of hydrogen-bond acceptors (Lipinski definition) is 3. The summed E-state index contributed by atoms with van der Waals surface area (Å²) in [6.07, 6.45) is 4.41. The molecule has 0 saturated heterocycles. The van der Waals surface area contributed by atoms with E-state index in [1.807, 2.05) is 0 Å². The van der Waals surface area contributed by atoms with Crippen LogP contribution in [0.3, 0.4) is 0 Å². The molecule has 0 bridgehead atoms. The molecule has 0 fully saturated rings. The van der Waals surface area contributed by atoms with Crippen LogP contribution in [0.5, 0.6) is 0 Å². The lowest BCUT2D eigenvalue weighted by molar-refractivity contribution is 0.385. The molecule has 0 aliphatic carbocycles. The minimum atomic E-state index is -0.681. The molecule has 0 saturated carbocycles. The normalized spacial score (nSPS) is 12.3. The van der Waals surface area contributed by atoms with E-state index in [2.05, 4.69) is 21.2 Å². The molecule has 1 aromatic heterocycles. The number of aromatic amines is 1. The fourth-order valence-corrected chi connectivity index (χ4v) is 0.898. The summed E-state index contributed by atoms with van der Waals surface area (Å²) in [6.45, 7) is 4.84. The summed E-state index contributed by atoms with van der Waals surface area (Å²) in [5.41, 5.74) is 0.394. The van der Waals surface area contributed by atoms with Gasteiger partial charge in [-0.2, -0.15) is 0 Å². The Hall–Kier alpha value is -1.91. The fourth-order valence-electron chi connectivity index (χ4n) is 0.898. The second-order valence-corrected chi connectivity index (χ2v) is 2.49. The van der Waals surface area contributed by atoms with Crippen molar-refractivity contribution in [2.45, 2.75) is 6.92 Å². The van der Waals surface area contributed by atoms with Gasteiger partial charge in [-0.15, -0.1) is 0 Å². The van der Waals surface area contributed by atoms with Crippen molar-refractivity contribution in [1.82, 2.24) is 10.1 Å². The summed E-state index contributed by atoms with van der Waals surface area (Å²) in [5.74, 6) is -1.13. The van der Waals surface area contributed by atoms with Gasteiger partial charge in [-0.05, 0) is 13.0 Å². The first kappa shape index (κ1) is 10.2. The molecular weight excluding hydrogens is 187 g/mol. The van der Waals surface area contributed by atoms with Crippen molar-refractivity contribution in [3.63, 3.8) is 0 Å². The Morgan fingerprint density at radius 3 is 2.86 bits per heavy atom. The van der Waals surface area contributed by atoms with Gasteiger partial charge in [-0.1, -0.05) is 23.9 Å². The van der Waals surface area contributed by atoms with E-state index in [0.29, 0.717) is 5.57 Å². The smallest absolute Gasteiger partial charge is 0.296 e. The minimum absolute atomic E-state index is 0.173. The van der Waals surface area contributed by atoms with Crippen molar-refractivity contribution in [2.75, 3.05) is 0 Å². The molecule has 0 spiro atoms. The topological polar surface area (TPSA) is 58.9 Å². The predicted molar refractivity (Wildman–Crippen MR) is 50.2 cm³/mol. The first-order valence-electron chi connectivity index (χ1n) is 3.88. The molecule has 5 heteroatoms. The van der Waals surface area contributed by atoms with E-state index in [1.165, 1.54) is 0 Å². The molecule has 14 heavy (non-hydrogen) atoms. The Morgan fingerprint density at radius 2 is 2.43 bits per heavy atom. The summed E-state index contributed by atoms with van der Waals surface area (Å²) >= 11 is 0. The monoisotopic (exact) mass is 196 g/mol. The van der Waals surface area contributed by atoms with Crippen LogP contribution in [0.1, 0.15) is 12.7 Å². The lowest BCUT2D eigenvalue weighted by Crippen LogP contribution is -1.96. The zero-order valence-electron chi connectivity index (χ0n) is 7.58. The first-order valence-corrected chi connectivity index (χ1v) is 3.88. The SMILES string of the molecule is C=C(F)/C=C(\C=C/C)c1noc(=O)[nH]1. The van der Waals surface area contributed by atoms with Gasteiger partial charge in [0, 0.05) is 5.57 Å². The Labute approximate surface area is 79.4 Å². The van der Waals surface area contributed by atoms with Gasteiger partial charge in [-0.3, -0.25) is 9.51 Å². The molecule has 0 aliphatic heterocycles. The lowest BCUT2D eigenvalue weighted by atomic mass is 10.2. The minimum Gasteiger partial charge on any atom is -0.296 e. The number of rotatable bonds is 3. The maximum absolute atomic E-state index is 12.5. The Morgan fingerprint density at radius 1 is 1.71 bits per heavy atom. The molecule has 0 aromatic carbocycles. The molecule has 0 amide bonds. The maximum atomic E-state index is 12.5. The van der Waals surface area contributed by atoms with Gasteiger partial charge in [0.05, 0.1) is 0 Å². The van der Waals surface area contributed by atoms with Crippen LogP contribution < -0.4 is 5.76 Å². The largest absolute Gasteiger partial charge is 0.439 e. The third-order valence-corrected chi connectivity index (χ3v) is 1.37. The van der Waals surface area contributed by atoms with Gasteiger partial charge in [0.25, 0.3) is 0 Å². The molecule has 0 atom stereocenters. The van der Waals surface area contributed by atoms with E-state index in [4.69, 9.17) is 0 Å². The van der Waals surface area contributed by atoms with Crippen molar-refractivity contribution in [3.8, 4) is 0 Å². The number of nitrogens with zero attached hydrogens (tertiary/aromatic N) is 1. The molecular formula is C9H9FN2O2. The third kappa shape index (κ3) is 2.55. The molecule has 4 nitrogen and oxygen atoms in total. The van der Waals surface area contributed by atoms with E-state index in [0.717, 1.165) is 6.08 Å². The van der Waals surface area contributed by atoms with Crippen LogP contribution >= 0.6 is 0 Å². The number of aromatic nitrogens is 2. The van der Waals surface area contributed by atoms with Crippen LogP contribution in [0.25, 0.3) is 5.57 Å². The molecule has 0 radical (unpaired) electrons. The van der Waals surface area contributed by atoms with Gasteiger partial charge in [0.1, 0.15) is 5.83 Å². The Balaban J connectivity index is 3.12. The maximum Gasteiger partial charge on any atom is 0.439 e. The quantitative estimate of drug-likeness (QED) is 0.750. The number of nitrogens with one attached hydrogen (secondary N) is 1. The molecule has 0 aliphatic rings. The van der Waals surface area contributed by atoms with Gasteiger partial charge in [-0.25, -0.2) is 9.18 Å². The van der Waals surface area contributed by atoms with Crippen molar-refractivity contribution in [1.29, 1.82) is 0 Å². The molecule has 1 aromatic rings. The number of allylic oxidation sites excluding steroid dienone is 5. The van der Waals surface area contributed by atoms with E-state index in [1.54, 1.807) is 19.1 Å². The van der Waals surface area contributed by atoms with E-state index >= 15 is 0 Å². The zero-order valence-corrected chi connectivity index (χ0v) is 7.58. The van der Waals surface area contributed by atoms with Gasteiger partial charge < -0.3 is 0 Å². The average molecular weight is 196 g/mol. The summed E-state index contributed by atoms with van der Waals surface area (Å²) in [4.78, 5) is 12.9. The summed E-state index contributed by atoms with van der Waals surface area (Å²) in [6, 6.07) is 0. The van der Waals surface area contributed by atoms with Crippen LogP contribution in [-0.2, 0) is 0 Å². The van der Waals surface area contributed by atoms with Crippen LogP contribution in [0.2, 0.25) is 0 Å². The first-order chi connectivity index (χ1) is 6.63. The van der Waals surface area contributed by atoms with E-state index in [-0.39, 0.29) is 5.82 Å². The highest BCUT2D eigenvalue weighted by atomic mass is 19.1. The number of hydrogen-bond donors (Lipinski definition) is 1. The number of halogens is 1. The van der Waals surface area contributed by atoms with Crippen molar-refractivity contribution in [2.24, 2.45) is 0 Å². The molecule has 74 valence electrons. The summed E-state index contributed by atoms with van der Waals surface area (Å²) in [7, 11) is 0. The third-order valence-electron chi connectivity index (χ3n) is 1.37. The highest BCUT2D eigenvalue weighted by Crippen LogP contribution is 2.12. The fraction of sp³-hybridized carbons (Fsp3) is 0.111. The summed E-state index contributed by atoms with van der Waals surface area (Å²) < 4.78 is 16.8. The average Bonchev–Trinajstić information content (AvgIpc) is 2.50. The molecule has 1 heterocycles. The highest BCUT2D eigenvalue weighted by molar-refractivity contribution is 5.70. The van der Waals surface area contributed by atoms with E-state index < -0.39 is 11.6 Å². The lowest BCUT2D eigenvalue weighted by Gasteiger charge is -1.93. The zero-order chi connectivity index (χ0) is 10.6. The standard InChI is InChI=1S/C9H9FN2O2/c1-3-4-7(5-6(2)10)8-11-9(13)14-12-8/h3-5H,2H2,1H3,(H,11,12,13)/b4-3-,7-5+. The van der Waals surface area contributed by atoms with Crippen molar-refractivity contribution in [3.05, 3.63) is 47.0 Å². The van der Waals surface area contributed by atoms with Crippen LogP contribution in [0.4, 0.5) is 4.39 Å². The Bertz CT molecular complexity index is 440. The van der Waals surface area contributed by atoms with Crippen LogP contribution in [0.15, 0.2) is 40.0 Å². The summed E-state index contributed by atoms with van der Waals surface area (Å²) in [5, 5.41) is 3.42. The van der Waals surface area contributed by atoms with Crippen LogP contribution in [0, 0.1) is 0 Å². The second-order valence-electron chi connectivity index (χ2n) is 2.49. The van der Waals surface area contributed by atoms with Gasteiger partial charge in [0.15, 0.2) is 5.82 Å². The molecule has 0 unspecified atom stereocenters. The second kappa shape index (κ2) is 4.36. The number of H-pyrrole nitrogens is 1. The molecule has 1 N–H and O–H groups in total. The Kier molecular flexibility index (Phi) is 3.17. The van der Waals surface area contributed by atoms with Crippen molar-refractivity contribution < 1.29 is 8.91 Å². The van der Waals surface area contributed by atoms with Gasteiger partial charge >= 0.3 is 5.76 Å². The van der Waals surface area contributed by atoms with Crippen molar-refractivity contribution >= 4 is 5.57 Å². The molecule has 1 rings (SSSR count). The van der Waals surface area contributed by atoms with Gasteiger partial charge in [0.2, 0.25) is 0 Å².